The normalized spacial score (nSPS) is 16.1. The zero-order valence-electron chi connectivity index (χ0n) is 11.2. The zero-order chi connectivity index (χ0) is 13.1. The maximum absolute atomic E-state index is 4.36. The Morgan fingerprint density at radius 2 is 2.26 bits per heavy atom. The van der Waals surface area contributed by atoms with Crippen molar-refractivity contribution in [2.75, 3.05) is 0 Å². The summed E-state index contributed by atoms with van der Waals surface area (Å²) in [5.74, 6) is 2.17. The van der Waals surface area contributed by atoms with Gasteiger partial charge in [-0.3, -0.25) is 4.98 Å². The summed E-state index contributed by atoms with van der Waals surface area (Å²) in [4.78, 5) is 4.36. The van der Waals surface area contributed by atoms with E-state index in [1.165, 1.54) is 12.8 Å². The van der Waals surface area contributed by atoms with Gasteiger partial charge in [0, 0.05) is 25.2 Å². The molecule has 0 aliphatic carbocycles. The Morgan fingerprint density at radius 3 is 3.11 bits per heavy atom. The first-order valence-electron chi connectivity index (χ1n) is 6.90. The molecule has 0 saturated heterocycles. The maximum Gasteiger partial charge on any atom is 0.147 e. The summed E-state index contributed by atoms with van der Waals surface area (Å²) in [5, 5.41) is 12.0. The minimum absolute atomic E-state index is 0.220. The molecule has 0 bridgehead atoms. The molecule has 1 aliphatic rings. The molecular weight excluding hydrogens is 238 g/mol. The van der Waals surface area contributed by atoms with Crippen molar-refractivity contribution in [2.45, 2.75) is 45.3 Å². The average molecular weight is 257 g/mol. The lowest BCUT2D eigenvalue weighted by atomic mass is 10.1. The van der Waals surface area contributed by atoms with Crippen LogP contribution in [0.1, 0.15) is 43.1 Å². The van der Waals surface area contributed by atoms with Crippen molar-refractivity contribution in [3.63, 3.8) is 0 Å². The fourth-order valence-electron chi connectivity index (χ4n) is 2.48. The first-order chi connectivity index (χ1) is 9.34. The summed E-state index contributed by atoms with van der Waals surface area (Å²) in [5.41, 5.74) is 1.06. The van der Waals surface area contributed by atoms with E-state index in [0.29, 0.717) is 0 Å². The number of nitrogens with one attached hydrogen (secondary N) is 1. The highest BCUT2D eigenvalue weighted by molar-refractivity contribution is 5.08. The molecule has 0 amide bonds. The topological polar surface area (TPSA) is 55.6 Å². The van der Waals surface area contributed by atoms with Gasteiger partial charge in [-0.05, 0) is 31.9 Å². The molecule has 0 aromatic carbocycles. The molecule has 1 atom stereocenters. The minimum Gasteiger partial charge on any atom is -0.314 e. The Bertz CT molecular complexity index is 534. The van der Waals surface area contributed by atoms with Gasteiger partial charge in [-0.2, -0.15) is 0 Å². The van der Waals surface area contributed by atoms with Crippen molar-refractivity contribution >= 4 is 0 Å². The molecule has 100 valence electrons. The van der Waals surface area contributed by atoms with Crippen LogP contribution >= 0.6 is 0 Å². The number of fused-ring (bicyclic) bond motifs is 1. The number of aryl methyl sites for hydroxylation is 1. The molecule has 0 fully saturated rings. The molecular formula is C14H19N5. The van der Waals surface area contributed by atoms with Crippen molar-refractivity contribution in [1.82, 2.24) is 25.1 Å². The van der Waals surface area contributed by atoms with E-state index in [1.807, 2.05) is 24.4 Å². The predicted octanol–water partition coefficient (Wildman–Crippen LogP) is 1.86. The lowest BCUT2D eigenvalue weighted by Gasteiger charge is -2.16. The van der Waals surface area contributed by atoms with Crippen LogP contribution in [0, 0.1) is 0 Å². The summed E-state index contributed by atoms with van der Waals surface area (Å²) in [7, 11) is 0. The summed E-state index contributed by atoms with van der Waals surface area (Å²) in [6, 6.07) is 6.21. The van der Waals surface area contributed by atoms with Crippen LogP contribution in [0.15, 0.2) is 24.4 Å². The van der Waals surface area contributed by atoms with Crippen LogP contribution in [0.4, 0.5) is 0 Å². The summed E-state index contributed by atoms with van der Waals surface area (Å²) in [6.07, 6.45) is 5.35. The van der Waals surface area contributed by atoms with Crippen molar-refractivity contribution in [3.8, 4) is 0 Å². The van der Waals surface area contributed by atoms with E-state index in [4.69, 9.17) is 0 Å². The molecule has 0 spiro atoms. The molecule has 0 radical (unpaired) electrons. The number of pyridine rings is 1. The molecule has 2 aromatic rings. The van der Waals surface area contributed by atoms with Gasteiger partial charge in [0.25, 0.3) is 0 Å². The minimum atomic E-state index is 0.220. The predicted molar refractivity (Wildman–Crippen MR) is 72.5 cm³/mol. The Kier molecular flexibility index (Phi) is 3.55. The van der Waals surface area contributed by atoms with Gasteiger partial charge in [-0.1, -0.05) is 6.07 Å². The highest BCUT2D eigenvalue weighted by atomic mass is 15.3. The molecule has 3 rings (SSSR count). The van der Waals surface area contributed by atoms with Gasteiger partial charge >= 0.3 is 0 Å². The molecule has 0 saturated carbocycles. The van der Waals surface area contributed by atoms with E-state index in [9.17, 15) is 0 Å². The van der Waals surface area contributed by atoms with Crippen LogP contribution < -0.4 is 5.32 Å². The van der Waals surface area contributed by atoms with Gasteiger partial charge in [0.15, 0.2) is 0 Å². The van der Waals surface area contributed by atoms with Crippen molar-refractivity contribution in [2.24, 2.45) is 0 Å². The SMILES string of the molecule is C[C@@H](NCc1nnc2n1CCCC2)c1ccccn1. The van der Waals surface area contributed by atoms with Crippen LogP contribution in [-0.4, -0.2) is 19.7 Å². The Morgan fingerprint density at radius 1 is 1.32 bits per heavy atom. The summed E-state index contributed by atoms with van der Waals surface area (Å²) in [6.45, 7) is 3.91. The Labute approximate surface area is 113 Å². The highest BCUT2D eigenvalue weighted by Crippen LogP contribution is 2.15. The van der Waals surface area contributed by atoms with Crippen LogP contribution in [0.25, 0.3) is 0 Å². The quantitative estimate of drug-likeness (QED) is 0.908. The van der Waals surface area contributed by atoms with E-state index in [1.54, 1.807) is 0 Å². The first kappa shape index (κ1) is 12.3. The highest BCUT2D eigenvalue weighted by Gasteiger charge is 2.16. The number of nitrogens with zero attached hydrogens (tertiary/aromatic N) is 4. The number of rotatable bonds is 4. The second kappa shape index (κ2) is 5.48. The van der Waals surface area contributed by atoms with Crippen LogP contribution in [-0.2, 0) is 19.5 Å². The van der Waals surface area contributed by atoms with E-state index < -0.39 is 0 Å². The van der Waals surface area contributed by atoms with E-state index in [0.717, 1.165) is 36.9 Å². The fourth-order valence-corrected chi connectivity index (χ4v) is 2.48. The molecule has 5 heteroatoms. The van der Waals surface area contributed by atoms with Crippen molar-refractivity contribution in [3.05, 3.63) is 41.7 Å². The number of hydrogen-bond acceptors (Lipinski definition) is 4. The van der Waals surface area contributed by atoms with Gasteiger partial charge in [0.2, 0.25) is 0 Å². The van der Waals surface area contributed by atoms with Gasteiger partial charge in [0.05, 0.1) is 12.2 Å². The molecule has 5 nitrogen and oxygen atoms in total. The second-order valence-electron chi connectivity index (χ2n) is 5.00. The van der Waals surface area contributed by atoms with Crippen LogP contribution in [0.3, 0.4) is 0 Å². The van der Waals surface area contributed by atoms with Gasteiger partial charge in [-0.25, -0.2) is 0 Å². The largest absolute Gasteiger partial charge is 0.314 e. The summed E-state index contributed by atoms with van der Waals surface area (Å²) < 4.78 is 2.25. The van der Waals surface area contributed by atoms with E-state index >= 15 is 0 Å². The maximum atomic E-state index is 4.36. The molecule has 3 heterocycles. The third kappa shape index (κ3) is 2.66. The lowest BCUT2D eigenvalue weighted by Crippen LogP contribution is -2.22. The fraction of sp³-hybridized carbons (Fsp3) is 0.500. The van der Waals surface area contributed by atoms with Gasteiger partial charge in [0.1, 0.15) is 11.6 Å². The zero-order valence-corrected chi connectivity index (χ0v) is 11.2. The van der Waals surface area contributed by atoms with E-state index in [2.05, 4.69) is 32.0 Å². The Balaban J connectivity index is 1.65. The Hall–Kier alpha value is -1.75. The molecule has 0 unspecified atom stereocenters. The number of hydrogen-bond donors (Lipinski definition) is 1. The average Bonchev–Trinajstić information content (AvgIpc) is 2.89. The van der Waals surface area contributed by atoms with Crippen LogP contribution in [0.5, 0.6) is 0 Å². The molecule has 1 aliphatic heterocycles. The number of aromatic nitrogens is 4. The lowest BCUT2D eigenvalue weighted by molar-refractivity contribution is 0.481. The molecule has 2 aromatic heterocycles. The van der Waals surface area contributed by atoms with Gasteiger partial charge < -0.3 is 9.88 Å². The van der Waals surface area contributed by atoms with E-state index in [-0.39, 0.29) is 6.04 Å². The van der Waals surface area contributed by atoms with Crippen LogP contribution in [0.2, 0.25) is 0 Å². The van der Waals surface area contributed by atoms with Crippen molar-refractivity contribution < 1.29 is 0 Å². The third-order valence-electron chi connectivity index (χ3n) is 3.63. The van der Waals surface area contributed by atoms with Crippen molar-refractivity contribution in [1.29, 1.82) is 0 Å². The molecule has 1 N–H and O–H groups in total. The standard InChI is InChI=1S/C14H19N5/c1-11(12-6-2-4-8-15-12)16-10-14-18-17-13-7-3-5-9-19(13)14/h2,4,6,8,11,16H,3,5,7,9-10H2,1H3/t11-/m1/s1. The molecule has 19 heavy (non-hydrogen) atoms. The summed E-state index contributed by atoms with van der Waals surface area (Å²) >= 11 is 0. The smallest absolute Gasteiger partial charge is 0.147 e. The third-order valence-corrected chi connectivity index (χ3v) is 3.63. The first-order valence-corrected chi connectivity index (χ1v) is 6.90. The second-order valence-corrected chi connectivity index (χ2v) is 5.00. The van der Waals surface area contributed by atoms with Gasteiger partial charge in [-0.15, -0.1) is 10.2 Å². The monoisotopic (exact) mass is 257 g/mol.